The van der Waals surface area contributed by atoms with Crippen LogP contribution in [0.2, 0.25) is 5.02 Å². The third kappa shape index (κ3) is 2.50. The first-order chi connectivity index (χ1) is 9.52. The minimum Gasteiger partial charge on any atom is -0.381 e. The van der Waals surface area contributed by atoms with Gasteiger partial charge in [0.2, 0.25) is 0 Å². The fraction of sp³-hybridized carbons (Fsp3) is 0.625. The molecule has 0 spiro atoms. The Bertz CT molecular complexity index is 505. The van der Waals surface area contributed by atoms with Gasteiger partial charge in [0.15, 0.2) is 0 Å². The summed E-state index contributed by atoms with van der Waals surface area (Å²) in [5.74, 6) is 1.17. The smallest absolute Gasteiger partial charge is 0.0652 e. The Morgan fingerprint density at radius 3 is 2.90 bits per heavy atom. The van der Waals surface area contributed by atoms with Crippen molar-refractivity contribution in [3.8, 4) is 0 Å². The molecule has 110 valence electrons. The zero-order valence-corrected chi connectivity index (χ0v) is 13.9. The fourth-order valence-electron chi connectivity index (χ4n) is 3.35. The van der Waals surface area contributed by atoms with Gasteiger partial charge in [0.05, 0.1) is 6.10 Å². The Morgan fingerprint density at radius 1 is 1.40 bits per heavy atom. The minimum atomic E-state index is 0.206. The first-order valence-electron chi connectivity index (χ1n) is 7.23. The lowest BCUT2D eigenvalue weighted by molar-refractivity contribution is -0.101. The predicted molar refractivity (Wildman–Crippen MR) is 85.7 cm³/mol. The van der Waals surface area contributed by atoms with Crippen molar-refractivity contribution in [2.75, 3.05) is 12.9 Å². The van der Waals surface area contributed by atoms with Gasteiger partial charge < -0.3 is 10.1 Å². The van der Waals surface area contributed by atoms with Gasteiger partial charge >= 0.3 is 0 Å². The van der Waals surface area contributed by atoms with Crippen molar-refractivity contribution >= 4 is 23.4 Å². The van der Waals surface area contributed by atoms with Crippen LogP contribution >= 0.6 is 23.4 Å². The zero-order valence-electron chi connectivity index (χ0n) is 12.3. The van der Waals surface area contributed by atoms with Gasteiger partial charge in [0, 0.05) is 34.5 Å². The van der Waals surface area contributed by atoms with Crippen LogP contribution in [0.4, 0.5) is 0 Å². The number of fused-ring (bicyclic) bond motifs is 1. The summed E-state index contributed by atoms with van der Waals surface area (Å²) in [6.45, 7) is 4.58. The highest BCUT2D eigenvalue weighted by Gasteiger charge is 2.49. The second-order valence-electron chi connectivity index (χ2n) is 6.37. The summed E-state index contributed by atoms with van der Waals surface area (Å²) in [4.78, 5) is 1.37. The van der Waals surface area contributed by atoms with E-state index in [0.717, 1.165) is 11.4 Å². The lowest BCUT2D eigenvalue weighted by atomic mass is 9.64. The molecule has 20 heavy (non-hydrogen) atoms. The number of nitrogens with one attached hydrogen (secondary N) is 1. The molecule has 3 unspecified atom stereocenters. The van der Waals surface area contributed by atoms with Crippen molar-refractivity contribution in [3.63, 3.8) is 0 Å². The molecule has 1 aromatic rings. The highest BCUT2D eigenvalue weighted by Crippen LogP contribution is 2.45. The number of halogens is 1. The average Bonchev–Trinajstić information content (AvgIpc) is 2.43. The van der Waals surface area contributed by atoms with Gasteiger partial charge in [-0.05, 0) is 42.4 Å². The summed E-state index contributed by atoms with van der Waals surface area (Å²) in [7, 11) is 1.81. The number of hydrogen-bond acceptors (Lipinski definition) is 3. The molecule has 3 atom stereocenters. The van der Waals surface area contributed by atoms with E-state index in [-0.39, 0.29) is 5.41 Å². The van der Waals surface area contributed by atoms with E-state index < -0.39 is 0 Å². The van der Waals surface area contributed by atoms with Gasteiger partial charge in [-0.2, -0.15) is 0 Å². The summed E-state index contributed by atoms with van der Waals surface area (Å²) in [6.07, 6.45) is 2.64. The fourth-order valence-corrected chi connectivity index (χ4v) is 4.64. The molecule has 1 aromatic carbocycles. The van der Waals surface area contributed by atoms with Crippen molar-refractivity contribution in [3.05, 3.63) is 28.8 Å². The molecule has 2 nitrogen and oxygen atoms in total. The summed E-state index contributed by atoms with van der Waals surface area (Å²) < 4.78 is 5.54. The first kappa shape index (κ1) is 14.7. The largest absolute Gasteiger partial charge is 0.381 e. The Morgan fingerprint density at radius 2 is 2.20 bits per heavy atom. The monoisotopic (exact) mass is 311 g/mol. The molecule has 3 rings (SSSR count). The van der Waals surface area contributed by atoms with E-state index >= 15 is 0 Å². The molecular weight excluding hydrogens is 290 g/mol. The second-order valence-corrected chi connectivity index (χ2v) is 7.95. The number of thioether (sulfide) groups is 1. The highest BCUT2D eigenvalue weighted by atomic mass is 35.5. The Balaban J connectivity index is 1.76. The van der Waals surface area contributed by atoms with Crippen LogP contribution in [0.25, 0.3) is 0 Å². The number of methoxy groups -OCH3 is 1. The van der Waals surface area contributed by atoms with Crippen LogP contribution in [-0.2, 0) is 4.74 Å². The topological polar surface area (TPSA) is 21.3 Å². The van der Waals surface area contributed by atoms with Crippen molar-refractivity contribution < 1.29 is 4.74 Å². The number of hydrogen-bond donors (Lipinski definition) is 1. The van der Waals surface area contributed by atoms with E-state index in [1.54, 1.807) is 0 Å². The van der Waals surface area contributed by atoms with Crippen molar-refractivity contribution in [1.82, 2.24) is 5.32 Å². The van der Waals surface area contributed by atoms with Gasteiger partial charge in [-0.3, -0.25) is 0 Å². The molecule has 0 saturated heterocycles. The minimum absolute atomic E-state index is 0.206. The van der Waals surface area contributed by atoms with Crippen LogP contribution in [0.3, 0.4) is 0 Å². The molecule has 1 saturated carbocycles. The molecule has 0 amide bonds. The molecule has 1 aliphatic carbocycles. The first-order valence-corrected chi connectivity index (χ1v) is 8.60. The summed E-state index contributed by atoms with van der Waals surface area (Å²) in [6, 6.07) is 7.21. The van der Waals surface area contributed by atoms with Crippen molar-refractivity contribution in [2.24, 2.45) is 5.41 Å². The molecule has 1 N–H and O–H groups in total. The van der Waals surface area contributed by atoms with Crippen LogP contribution in [0.5, 0.6) is 0 Å². The molecule has 4 heteroatoms. The maximum absolute atomic E-state index is 6.17. The quantitative estimate of drug-likeness (QED) is 0.900. The molecule has 1 heterocycles. The third-order valence-corrected chi connectivity index (χ3v) is 6.23. The summed E-state index contributed by atoms with van der Waals surface area (Å²) >= 11 is 8.11. The standard InChI is InChI=1S/C16H22ClNOS/c1-16(2)14(9-15(16)19-3)18-12-6-7-20-13-5-4-10(17)8-11(12)13/h4-5,8,12,14-15,18H,6-7,9H2,1-3H3. The van der Waals surface area contributed by atoms with Crippen LogP contribution in [0, 0.1) is 5.41 Å². The molecule has 0 radical (unpaired) electrons. The van der Waals surface area contributed by atoms with Crippen LogP contribution in [-0.4, -0.2) is 25.0 Å². The van der Waals surface area contributed by atoms with Crippen LogP contribution in [0.15, 0.2) is 23.1 Å². The second kappa shape index (κ2) is 5.53. The van der Waals surface area contributed by atoms with Gasteiger partial charge in [-0.1, -0.05) is 25.4 Å². The van der Waals surface area contributed by atoms with Crippen LogP contribution in [0.1, 0.15) is 38.3 Å². The lowest BCUT2D eigenvalue weighted by Gasteiger charge is -2.53. The van der Waals surface area contributed by atoms with E-state index in [1.165, 1.54) is 22.6 Å². The van der Waals surface area contributed by atoms with Crippen molar-refractivity contribution in [2.45, 2.75) is 49.8 Å². The number of rotatable bonds is 3. The Labute approximate surface area is 130 Å². The third-order valence-electron chi connectivity index (χ3n) is 4.88. The maximum atomic E-state index is 6.17. The molecule has 2 aliphatic rings. The van der Waals surface area contributed by atoms with E-state index in [2.05, 4.69) is 31.3 Å². The summed E-state index contributed by atoms with van der Waals surface area (Å²) in [5.41, 5.74) is 1.57. The van der Waals surface area contributed by atoms with E-state index in [1.807, 2.05) is 24.9 Å². The van der Waals surface area contributed by atoms with Gasteiger partial charge in [0.25, 0.3) is 0 Å². The zero-order chi connectivity index (χ0) is 14.3. The molecule has 1 fully saturated rings. The van der Waals surface area contributed by atoms with Crippen molar-refractivity contribution in [1.29, 1.82) is 0 Å². The van der Waals surface area contributed by atoms with Gasteiger partial charge in [-0.15, -0.1) is 11.8 Å². The lowest BCUT2D eigenvalue weighted by Crippen LogP contribution is -2.61. The van der Waals surface area contributed by atoms with Gasteiger partial charge in [0.1, 0.15) is 0 Å². The summed E-state index contributed by atoms with van der Waals surface area (Å²) in [5, 5.41) is 4.68. The predicted octanol–water partition coefficient (Wildman–Crippen LogP) is 4.28. The molecular formula is C16H22ClNOS. The number of benzene rings is 1. The Kier molecular flexibility index (Phi) is 4.06. The molecule has 0 aromatic heterocycles. The van der Waals surface area contributed by atoms with E-state index in [4.69, 9.17) is 16.3 Å². The highest BCUT2D eigenvalue weighted by molar-refractivity contribution is 7.99. The maximum Gasteiger partial charge on any atom is 0.0652 e. The number of ether oxygens (including phenoxy) is 1. The Hall–Kier alpha value is -0.220. The molecule has 1 aliphatic heterocycles. The SMILES string of the molecule is COC1CC(NC2CCSc3ccc(Cl)cc32)C1(C)C. The normalized spacial score (nSPS) is 31.5. The van der Waals surface area contributed by atoms with E-state index in [0.29, 0.717) is 18.2 Å². The van der Waals surface area contributed by atoms with Gasteiger partial charge in [-0.25, -0.2) is 0 Å². The molecule has 0 bridgehead atoms. The van der Waals surface area contributed by atoms with Crippen LogP contribution < -0.4 is 5.32 Å². The average molecular weight is 312 g/mol. The van der Waals surface area contributed by atoms with E-state index in [9.17, 15) is 0 Å².